The second-order valence-electron chi connectivity index (χ2n) is 4.23. The molecule has 0 amide bonds. The van der Waals surface area contributed by atoms with Gasteiger partial charge in [-0.25, -0.2) is 15.8 Å². The average molecular weight is 257 g/mol. The van der Waals surface area contributed by atoms with Gasteiger partial charge >= 0.3 is 0 Å². The van der Waals surface area contributed by atoms with Crippen LogP contribution >= 0.6 is 0 Å². The molecule has 0 saturated heterocycles. The van der Waals surface area contributed by atoms with Crippen LogP contribution < -0.4 is 16.6 Å². The highest BCUT2D eigenvalue weighted by molar-refractivity contribution is 5.59. The minimum absolute atomic E-state index is 0.611. The molecule has 100 valence electrons. The van der Waals surface area contributed by atoms with Gasteiger partial charge in [0.05, 0.1) is 0 Å². The number of anilines is 3. The number of nitrogens with one attached hydrogen (secondary N) is 2. The van der Waals surface area contributed by atoms with Gasteiger partial charge in [-0.05, 0) is 24.1 Å². The van der Waals surface area contributed by atoms with Crippen LogP contribution in [0.25, 0.3) is 0 Å². The van der Waals surface area contributed by atoms with E-state index in [1.807, 2.05) is 19.1 Å². The Balaban J connectivity index is 2.21. The lowest BCUT2D eigenvalue weighted by Gasteiger charge is -2.09. The van der Waals surface area contributed by atoms with Crippen molar-refractivity contribution in [2.75, 3.05) is 10.7 Å². The van der Waals surface area contributed by atoms with Crippen molar-refractivity contribution in [3.8, 4) is 0 Å². The van der Waals surface area contributed by atoms with E-state index in [1.165, 1.54) is 5.56 Å². The molecule has 0 radical (unpaired) electrons. The van der Waals surface area contributed by atoms with Crippen LogP contribution in [-0.4, -0.2) is 9.97 Å². The summed E-state index contributed by atoms with van der Waals surface area (Å²) in [5.41, 5.74) is 4.87. The number of rotatable bonds is 5. The molecule has 5 nitrogen and oxygen atoms in total. The highest BCUT2D eigenvalue weighted by Gasteiger charge is 2.03. The van der Waals surface area contributed by atoms with Crippen LogP contribution in [0.2, 0.25) is 0 Å². The van der Waals surface area contributed by atoms with E-state index in [0.717, 1.165) is 30.2 Å². The lowest BCUT2D eigenvalue weighted by atomic mass is 10.1. The fourth-order valence-electron chi connectivity index (χ4n) is 1.76. The number of hydrogen-bond acceptors (Lipinski definition) is 5. The first-order valence-electron chi connectivity index (χ1n) is 6.45. The number of aryl methyl sites for hydroxylation is 2. The predicted octanol–water partition coefficient (Wildman–Crippen LogP) is 2.63. The van der Waals surface area contributed by atoms with Gasteiger partial charge in [0.1, 0.15) is 17.5 Å². The standard InChI is InChI=1S/C14H19N5/c1-3-10-5-7-11(8-6-10)16-13-9-14(19-15)18-12(4-2)17-13/h5-9H,3-4,15H2,1-2H3,(H2,16,17,18,19). The Hall–Kier alpha value is -2.14. The number of aromatic nitrogens is 2. The fraction of sp³-hybridized carbons (Fsp3) is 0.286. The molecule has 1 heterocycles. The maximum absolute atomic E-state index is 5.41. The van der Waals surface area contributed by atoms with Crippen molar-refractivity contribution in [2.45, 2.75) is 26.7 Å². The molecule has 1 aromatic carbocycles. The Labute approximate surface area is 113 Å². The normalized spacial score (nSPS) is 10.3. The summed E-state index contributed by atoms with van der Waals surface area (Å²) in [7, 11) is 0. The SMILES string of the molecule is CCc1ccc(Nc2cc(NN)nc(CC)n2)cc1. The zero-order chi connectivity index (χ0) is 13.7. The number of hydrazine groups is 1. The number of nitrogens with zero attached hydrogens (tertiary/aromatic N) is 2. The zero-order valence-electron chi connectivity index (χ0n) is 11.3. The van der Waals surface area contributed by atoms with Crippen molar-refractivity contribution >= 4 is 17.3 Å². The molecular weight excluding hydrogens is 238 g/mol. The molecule has 0 atom stereocenters. The van der Waals surface area contributed by atoms with E-state index < -0.39 is 0 Å². The fourth-order valence-corrected chi connectivity index (χ4v) is 1.76. The molecule has 5 heteroatoms. The maximum atomic E-state index is 5.41. The Morgan fingerprint density at radius 1 is 1.00 bits per heavy atom. The summed E-state index contributed by atoms with van der Waals surface area (Å²) < 4.78 is 0. The number of nitrogen functional groups attached to an aromatic ring is 1. The molecule has 0 aliphatic heterocycles. The molecule has 0 aliphatic rings. The molecule has 2 rings (SSSR count). The summed E-state index contributed by atoms with van der Waals surface area (Å²) >= 11 is 0. The van der Waals surface area contributed by atoms with Crippen LogP contribution in [-0.2, 0) is 12.8 Å². The van der Waals surface area contributed by atoms with Crippen LogP contribution in [0.4, 0.5) is 17.3 Å². The van der Waals surface area contributed by atoms with E-state index >= 15 is 0 Å². The molecule has 0 fully saturated rings. The molecule has 2 aromatic rings. The molecule has 0 saturated carbocycles. The van der Waals surface area contributed by atoms with Crippen LogP contribution in [0.3, 0.4) is 0 Å². The molecule has 0 unspecified atom stereocenters. The highest BCUT2D eigenvalue weighted by atomic mass is 15.3. The minimum atomic E-state index is 0.611. The lowest BCUT2D eigenvalue weighted by Crippen LogP contribution is -2.11. The van der Waals surface area contributed by atoms with Crippen molar-refractivity contribution in [2.24, 2.45) is 5.84 Å². The van der Waals surface area contributed by atoms with E-state index in [1.54, 1.807) is 6.07 Å². The van der Waals surface area contributed by atoms with Gasteiger partial charge in [-0.1, -0.05) is 26.0 Å². The van der Waals surface area contributed by atoms with Gasteiger partial charge in [0.2, 0.25) is 0 Å². The minimum Gasteiger partial charge on any atom is -0.340 e. The van der Waals surface area contributed by atoms with Crippen molar-refractivity contribution in [3.05, 3.63) is 41.7 Å². The number of hydrogen-bond donors (Lipinski definition) is 3. The van der Waals surface area contributed by atoms with Crippen LogP contribution in [0, 0.1) is 0 Å². The second-order valence-corrected chi connectivity index (χ2v) is 4.23. The topological polar surface area (TPSA) is 75.9 Å². The lowest BCUT2D eigenvalue weighted by molar-refractivity contribution is 0.941. The third-order valence-electron chi connectivity index (χ3n) is 2.87. The largest absolute Gasteiger partial charge is 0.340 e. The molecule has 0 aliphatic carbocycles. The van der Waals surface area contributed by atoms with Gasteiger partial charge < -0.3 is 10.7 Å². The summed E-state index contributed by atoms with van der Waals surface area (Å²) in [5.74, 6) is 7.51. The molecule has 0 spiro atoms. The average Bonchev–Trinajstić information content (AvgIpc) is 2.47. The summed E-state index contributed by atoms with van der Waals surface area (Å²) in [5, 5.41) is 3.26. The van der Waals surface area contributed by atoms with Gasteiger partial charge in [-0.3, -0.25) is 0 Å². The van der Waals surface area contributed by atoms with E-state index in [9.17, 15) is 0 Å². The van der Waals surface area contributed by atoms with Crippen molar-refractivity contribution in [1.82, 2.24) is 9.97 Å². The van der Waals surface area contributed by atoms with E-state index in [-0.39, 0.29) is 0 Å². The first kappa shape index (κ1) is 13.3. The van der Waals surface area contributed by atoms with Gasteiger partial charge in [0.15, 0.2) is 0 Å². The first-order chi connectivity index (χ1) is 9.25. The quantitative estimate of drug-likeness (QED) is 0.567. The summed E-state index contributed by atoms with van der Waals surface area (Å²) in [4.78, 5) is 8.67. The van der Waals surface area contributed by atoms with Crippen molar-refractivity contribution in [3.63, 3.8) is 0 Å². The maximum Gasteiger partial charge on any atom is 0.145 e. The first-order valence-corrected chi connectivity index (χ1v) is 6.45. The van der Waals surface area contributed by atoms with E-state index in [2.05, 4.69) is 39.8 Å². The summed E-state index contributed by atoms with van der Waals surface area (Å²) in [6.07, 6.45) is 1.80. The Bertz CT molecular complexity index is 514. The van der Waals surface area contributed by atoms with Gasteiger partial charge in [0.25, 0.3) is 0 Å². The molecule has 4 N–H and O–H groups in total. The van der Waals surface area contributed by atoms with Crippen LogP contribution in [0.5, 0.6) is 0 Å². The molecule has 19 heavy (non-hydrogen) atoms. The van der Waals surface area contributed by atoms with Crippen molar-refractivity contribution < 1.29 is 0 Å². The van der Waals surface area contributed by atoms with Gasteiger partial charge in [0, 0.05) is 18.2 Å². The third kappa shape index (κ3) is 3.42. The highest BCUT2D eigenvalue weighted by Crippen LogP contribution is 2.18. The van der Waals surface area contributed by atoms with Crippen LogP contribution in [0.1, 0.15) is 25.2 Å². The predicted molar refractivity (Wildman–Crippen MR) is 78.3 cm³/mol. The number of benzene rings is 1. The summed E-state index contributed by atoms with van der Waals surface area (Å²) in [6.45, 7) is 4.15. The molecule has 1 aromatic heterocycles. The smallest absolute Gasteiger partial charge is 0.145 e. The monoisotopic (exact) mass is 257 g/mol. The Morgan fingerprint density at radius 3 is 2.26 bits per heavy atom. The van der Waals surface area contributed by atoms with E-state index in [4.69, 9.17) is 5.84 Å². The second kappa shape index (κ2) is 6.15. The van der Waals surface area contributed by atoms with Gasteiger partial charge in [-0.15, -0.1) is 0 Å². The van der Waals surface area contributed by atoms with E-state index in [0.29, 0.717) is 5.82 Å². The zero-order valence-corrected chi connectivity index (χ0v) is 11.3. The van der Waals surface area contributed by atoms with Gasteiger partial charge in [-0.2, -0.15) is 0 Å². The van der Waals surface area contributed by atoms with Crippen LogP contribution in [0.15, 0.2) is 30.3 Å². The summed E-state index contributed by atoms with van der Waals surface area (Å²) in [6, 6.07) is 10.1. The number of nitrogens with two attached hydrogens (primary N) is 1. The Kier molecular flexibility index (Phi) is 4.30. The Morgan fingerprint density at radius 2 is 1.68 bits per heavy atom. The van der Waals surface area contributed by atoms with Crippen molar-refractivity contribution in [1.29, 1.82) is 0 Å². The molecule has 0 bridgehead atoms. The molecular formula is C14H19N5. The third-order valence-corrected chi connectivity index (χ3v) is 2.87.